The van der Waals surface area contributed by atoms with Gasteiger partial charge in [-0.2, -0.15) is 0 Å². The number of nitro benzene ring substituents is 1. The highest BCUT2D eigenvalue weighted by Crippen LogP contribution is 2.20. The standard InChI is InChI=1S/C23H26N2O8/c1-23(2,3)33-22(29)24-19(14-16(20(26)27)13-15-7-5-4-6-8-15)21(28)32-18-11-9-17(10-12-18)25(30)31/h4-12,16,19H,13-14H2,1-3H3,(H,24,29)(H,26,27)/t16?,19-/m0/s1. The summed E-state index contributed by atoms with van der Waals surface area (Å²) in [7, 11) is 0. The van der Waals surface area contributed by atoms with Gasteiger partial charge >= 0.3 is 18.0 Å². The topological polar surface area (TPSA) is 145 Å². The van der Waals surface area contributed by atoms with E-state index in [-0.39, 0.29) is 24.3 Å². The van der Waals surface area contributed by atoms with Gasteiger partial charge in [-0.05, 0) is 51.3 Å². The molecule has 10 nitrogen and oxygen atoms in total. The molecule has 0 spiro atoms. The van der Waals surface area contributed by atoms with Crippen molar-refractivity contribution in [1.82, 2.24) is 5.32 Å². The van der Waals surface area contributed by atoms with Crippen LogP contribution in [0, 0.1) is 16.0 Å². The third-order valence-corrected chi connectivity index (χ3v) is 4.44. The molecule has 2 aromatic rings. The minimum absolute atomic E-state index is 0.0107. The summed E-state index contributed by atoms with van der Waals surface area (Å²) < 4.78 is 10.4. The molecule has 0 aliphatic heterocycles. The van der Waals surface area contributed by atoms with Crippen LogP contribution in [0.3, 0.4) is 0 Å². The maximum atomic E-state index is 12.8. The first kappa shape index (κ1) is 25.3. The lowest BCUT2D eigenvalue weighted by atomic mass is 9.92. The average molecular weight is 458 g/mol. The first-order chi connectivity index (χ1) is 15.4. The van der Waals surface area contributed by atoms with Gasteiger partial charge in [-0.25, -0.2) is 9.59 Å². The van der Waals surface area contributed by atoms with E-state index in [1.165, 1.54) is 12.1 Å². The zero-order valence-corrected chi connectivity index (χ0v) is 18.5. The molecule has 10 heteroatoms. The van der Waals surface area contributed by atoms with Crippen molar-refractivity contribution in [3.8, 4) is 5.75 Å². The summed E-state index contributed by atoms with van der Waals surface area (Å²) in [5, 5.41) is 22.9. The smallest absolute Gasteiger partial charge is 0.408 e. The highest BCUT2D eigenvalue weighted by Gasteiger charge is 2.31. The number of nitrogens with one attached hydrogen (secondary N) is 1. The van der Waals surface area contributed by atoms with Crippen molar-refractivity contribution in [2.45, 2.75) is 45.3 Å². The molecule has 0 saturated heterocycles. The molecule has 0 radical (unpaired) electrons. The number of nitro groups is 1. The quantitative estimate of drug-likeness (QED) is 0.250. The van der Waals surface area contributed by atoms with Crippen LogP contribution < -0.4 is 10.1 Å². The molecular weight excluding hydrogens is 432 g/mol. The van der Waals surface area contributed by atoms with E-state index >= 15 is 0 Å². The summed E-state index contributed by atoms with van der Waals surface area (Å²) >= 11 is 0. The Morgan fingerprint density at radius 1 is 1.06 bits per heavy atom. The van der Waals surface area contributed by atoms with Crippen LogP contribution in [0.15, 0.2) is 54.6 Å². The first-order valence-corrected chi connectivity index (χ1v) is 10.2. The summed E-state index contributed by atoms with van der Waals surface area (Å²) in [6, 6.07) is 12.3. The molecule has 0 aliphatic carbocycles. The van der Waals surface area contributed by atoms with Crippen LogP contribution in [0.5, 0.6) is 5.75 Å². The van der Waals surface area contributed by atoms with Gasteiger partial charge in [0, 0.05) is 12.1 Å². The molecule has 2 N–H and O–H groups in total. The SMILES string of the molecule is CC(C)(C)OC(=O)N[C@@H](CC(Cc1ccccc1)C(=O)O)C(=O)Oc1ccc([N+](=O)[O-])cc1. The van der Waals surface area contributed by atoms with Crippen LogP contribution in [0.2, 0.25) is 0 Å². The van der Waals surface area contributed by atoms with E-state index in [0.717, 1.165) is 17.7 Å². The molecule has 1 unspecified atom stereocenters. The Bertz CT molecular complexity index is 984. The van der Waals surface area contributed by atoms with Crippen LogP contribution in [0.25, 0.3) is 0 Å². The third-order valence-electron chi connectivity index (χ3n) is 4.44. The molecule has 0 aromatic heterocycles. The molecule has 0 saturated carbocycles. The van der Waals surface area contributed by atoms with Crippen molar-refractivity contribution in [1.29, 1.82) is 0 Å². The minimum atomic E-state index is -1.33. The fourth-order valence-corrected chi connectivity index (χ4v) is 2.94. The predicted octanol–water partition coefficient (Wildman–Crippen LogP) is 3.73. The maximum absolute atomic E-state index is 12.8. The lowest BCUT2D eigenvalue weighted by molar-refractivity contribution is -0.384. The fraction of sp³-hybridized carbons (Fsp3) is 0.348. The second kappa shape index (κ2) is 11.1. The number of alkyl carbamates (subject to hydrolysis) is 1. The van der Waals surface area contributed by atoms with Crippen LogP contribution in [0.4, 0.5) is 10.5 Å². The monoisotopic (exact) mass is 458 g/mol. The van der Waals surface area contributed by atoms with Crippen molar-refractivity contribution in [3.63, 3.8) is 0 Å². The molecule has 33 heavy (non-hydrogen) atoms. The van der Waals surface area contributed by atoms with Crippen LogP contribution in [-0.4, -0.2) is 39.7 Å². The number of carbonyl (C=O) groups excluding carboxylic acids is 2. The van der Waals surface area contributed by atoms with Gasteiger partial charge in [0.1, 0.15) is 17.4 Å². The van der Waals surface area contributed by atoms with Crippen molar-refractivity contribution in [2.75, 3.05) is 0 Å². The van der Waals surface area contributed by atoms with E-state index < -0.39 is 40.5 Å². The van der Waals surface area contributed by atoms with Gasteiger partial charge in [0.15, 0.2) is 0 Å². The van der Waals surface area contributed by atoms with E-state index in [0.29, 0.717) is 0 Å². The minimum Gasteiger partial charge on any atom is -0.481 e. The van der Waals surface area contributed by atoms with Crippen molar-refractivity contribution in [2.24, 2.45) is 5.92 Å². The van der Waals surface area contributed by atoms with Gasteiger partial charge in [-0.1, -0.05) is 30.3 Å². The number of amides is 1. The van der Waals surface area contributed by atoms with E-state index in [9.17, 15) is 29.6 Å². The number of aliphatic carboxylic acids is 1. The number of carbonyl (C=O) groups is 3. The molecule has 0 heterocycles. The number of rotatable bonds is 9. The second-order valence-corrected chi connectivity index (χ2v) is 8.33. The lowest BCUT2D eigenvalue weighted by Crippen LogP contribution is -2.47. The third kappa shape index (κ3) is 8.60. The van der Waals surface area contributed by atoms with Gasteiger partial charge < -0.3 is 19.9 Å². The number of ether oxygens (including phenoxy) is 2. The molecule has 2 aromatic carbocycles. The molecule has 2 rings (SSSR count). The second-order valence-electron chi connectivity index (χ2n) is 8.33. The van der Waals surface area contributed by atoms with Crippen LogP contribution in [-0.2, 0) is 20.7 Å². The molecule has 176 valence electrons. The number of carboxylic acids is 1. The number of non-ortho nitro benzene ring substituents is 1. The van der Waals surface area contributed by atoms with E-state index in [4.69, 9.17) is 9.47 Å². The van der Waals surface area contributed by atoms with Crippen molar-refractivity contribution < 1.29 is 33.9 Å². The Morgan fingerprint density at radius 3 is 2.18 bits per heavy atom. The summed E-state index contributed by atoms with van der Waals surface area (Å²) in [5.74, 6) is -3.06. The summed E-state index contributed by atoms with van der Waals surface area (Å²) in [6.07, 6.45) is -1.03. The Kier molecular flexibility index (Phi) is 8.49. The molecule has 0 fully saturated rings. The molecular formula is C23H26N2O8. The lowest BCUT2D eigenvalue weighted by Gasteiger charge is -2.24. The van der Waals surface area contributed by atoms with Gasteiger partial charge in [0.05, 0.1) is 10.8 Å². The number of carboxylic acid groups (broad SMARTS) is 1. The first-order valence-electron chi connectivity index (χ1n) is 10.2. The maximum Gasteiger partial charge on any atom is 0.408 e. The molecule has 0 aliphatic rings. The Labute approximate surface area is 190 Å². The Morgan fingerprint density at radius 2 is 1.67 bits per heavy atom. The number of esters is 1. The number of nitrogens with zero attached hydrogens (tertiary/aromatic N) is 1. The molecule has 1 amide bonds. The van der Waals surface area contributed by atoms with Crippen LogP contribution in [0.1, 0.15) is 32.8 Å². The normalized spacial score (nSPS) is 12.8. The average Bonchev–Trinajstić information content (AvgIpc) is 2.72. The number of hydrogen-bond donors (Lipinski definition) is 2. The highest BCUT2D eigenvalue weighted by molar-refractivity contribution is 5.84. The van der Waals surface area contributed by atoms with E-state index in [1.54, 1.807) is 51.1 Å². The van der Waals surface area contributed by atoms with E-state index in [1.807, 2.05) is 0 Å². The van der Waals surface area contributed by atoms with Crippen molar-refractivity contribution >= 4 is 23.7 Å². The number of benzene rings is 2. The zero-order chi connectivity index (χ0) is 24.6. The Hall–Kier alpha value is -3.95. The molecule has 0 bridgehead atoms. The van der Waals surface area contributed by atoms with Gasteiger partial charge in [0.2, 0.25) is 0 Å². The predicted molar refractivity (Wildman–Crippen MR) is 118 cm³/mol. The highest BCUT2D eigenvalue weighted by atomic mass is 16.6. The van der Waals surface area contributed by atoms with Gasteiger partial charge in [-0.15, -0.1) is 0 Å². The number of hydrogen-bond acceptors (Lipinski definition) is 7. The Balaban J connectivity index is 2.21. The van der Waals surface area contributed by atoms with Crippen LogP contribution >= 0.6 is 0 Å². The van der Waals surface area contributed by atoms with Gasteiger partial charge in [0.25, 0.3) is 5.69 Å². The largest absolute Gasteiger partial charge is 0.481 e. The van der Waals surface area contributed by atoms with Crippen molar-refractivity contribution in [3.05, 3.63) is 70.3 Å². The molecule has 2 atom stereocenters. The summed E-state index contributed by atoms with van der Waals surface area (Å²) in [4.78, 5) is 47.2. The zero-order valence-electron chi connectivity index (χ0n) is 18.5. The summed E-state index contributed by atoms with van der Waals surface area (Å²) in [5.41, 5.74) is -0.274. The van der Waals surface area contributed by atoms with E-state index in [2.05, 4.69) is 5.32 Å². The van der Waals surface area contributed by atoms with Gasteiger partial charge in [-0.3, -0.25) is 14.9 Å². The summed E-state index contributed by atoms with van der Waals surface area (Å²) in [6.45, 7) is 4.94. The fourth-order valence-electron chi connectivity index (χ4n) is 2.94.